The topological polar surface area (TPSA) is 81.4 Å². The largest absolute Gasteiger partial charge is 0.482 e. The lowest BCUT2D eigenvalue weighted by atomic mass is 9.85. The van der Waals surface area contributed by atoms with E-state index in [-0.39, 0.29) is 12.5 Å². The molecule has 0 fully saturated rings. The van der Waals surface area contributed by atoms with Gasteiger partial charge in [-0.15, -0.1) is 11.3 Å². The molecule has 8 heteroatoms. The Morgan fingerprint density at radius 2 is 2.15 bits per heavy atom. The Morgan fingerprint density at radius 1 is 1.37 bits per heavy atom. The number of nitrogens with two attached hydrogens (primary N) is 1. The zero-order valence-electron chi connectivity index (χ0n) is 14.8. The third kappa shape index (κ3) is 4.57. The highest BCUT2D eigenvalue weighted by molar-refractivity contribution is 7.17. The van der Waals surface area contributed by atoms with E-state index in [9.17, 15) is 9.59 Å². The average Bonchev–Trinajstić information content (AvgIpc) is 2.97. The van der Waals surface area contributed by atoms with Crippen LogP contribution < -0.4 is 15.8 Å². The predicted octanol–water partition coefficient (Wildman–Crippen LogP) is 4.69. The number of halogens is 2. The van der Waals surface area contributed by atoms with Crippen LogP contribution >= 0.6 is 34.5 Å². The second-order valence-corrected chi connectivity index (χ2v) is 8.45. The van der Waals surface area contributed by atoms with Crippen LogP contribution in [-0.2, 0) is 17.6 Å². The lowest BCUT2D eigenvalue weighted by Gasteiger charge is -2.20. The van der Waals surface area contributed by atoms with Crippen molar-refractivity contribution in [1.29, 1.82) is 0 Å². The Balaban J connectivity index is 1.72. The van der Waals surface area contributed by atoms with Crippen molar-refractivity contribution >= 4 is 51.4 Å². The Kier molecular flexibility index (Phi) is 6.29. The number of thiophene rings is 1. The van der Waals surface area contributed by atoms with Gasteiger partial charge in [-0.05, 0) is 48.9 Å². The van der Waals surface area contributed by atoms with E-state index >= 15 is 0 Å². The van der Waals surface area contributed by atoms with Crippen molar-refractivity contribution in [3.8, 4) is 5.75 Å². The van der Waals surface area contributed by atoms with E-state index in [0.717, 1.165) is 36.1 Å². The standard InChI is InChI=1S/C19H20Cl2N2O3S/c1-2-10-3-5-12-15(7-10)27-19(17(12)18(22)25)23-16(24)9-26-14-6-4-11(20)8-13(14)21/h4,6,8,10H,2-3,5,7,9H2,1H3,(H2,22,25)(H,23,24)/t10-/m1/s1. The molecule has 0 bridgehead atoms. The van der Waals surface area contributed by atoms with Crippen molar-refractivity contribution in [2.75, 3.05) is 11.9 Å². The van der Waals surface area contributed by atoms with Gasteiger partial charge in [0, 0.05) is 9.90 Å². The number of carbonyl (C=O) groups excluding carboxylic acids is 2. The molecule has 3 N–H and O–H groups in total. The summed E-state index contributed by atoms with van der Waals surface area (Å²) in [4.78, 5) is 25.4. The van der Waals surface area contributed by atoms with Crippen molar-refractivity contribution in [1.82, 2.24) is 0 Å². The van der Waals surface area contributed by atoms with Gasteiger partial charge in [-0.25, -0.2) is 0 Å². The van der Waals surface area contributed by atoms with Gasteiger partial charge in [-0.1, -0.05) is 36.5 Å². The van der Waals surface area contributed by atoms with E-state index in [4.69, 9.17) is 33.7 Å². The molecule has 2 aromatic rings. The van der Waals surface area contributed by atoms with Crippen LogP contribution in [0.15, 0.2) is 18.2 Å². The van der Waals surface area contributed by atoms with Crippen LogP contribution in [0.25, 0.3) is 0 Å². The molecule has 3 rings (SSSR count). The Bertz CT molecular complexity index is 882. The third-order valence-corrected chi connectivity index (χ3v) is 6.40. The molecule has 0 saturated carbocycles. The minimum Gasteiger partial charge on any atom is -0.482 e. The first-order valence-electron chi connectivity index (χ1n) is 8.71. The van der Waals surface area contributed by atoms with Crippen LogP contribution in [0.2, 0.25) is 10.0 Å². The van der Waals surface area contributed by atoms with Gasteiger partial charge in [-0.2, -0.15) is 0 Å². The van der Waals surface area contributed by atoms with Crippen LogP contribution in [0.3, 0.4) is 0 Å². The Hall–Kier alpha value is -1.76. The number of hydrogen-bond acceptors (Lipinski definition) is 4. The molecule has 1 aromatic heterocycles. The van der Waals surface area contributed by atoms with Crippen LogP contribution in [0, 0.1) is 5.92 Å². The van der Waals surface area contributed by atoms with Gasteiger partial charge in [0.1, 0.15) is 10.8 Å². The second-order valence-electron chi connectivity index (χ2n) is 6.50. The minimum absolute atomic E-state index is 0.236. The first-order chi connectivity index (χ1) is 12.9. The normalized spacial score (nSPS) is 15.9. The molecule has 144 valence electrons. The van der Waals surface area contributed by atoms with Gasteiger partial charge in [0.05, 0.1) is 10.6 Å². The van der Waals surface area contributed by atoms with E-state index in [1.54, 1.807) is 18.2 Å². The smallest absolute Gasteiger partial charge is 0.262 e. The molecule has 0 radical (unpaired) electrons. The lowest BCUT2D eigenvalue weighted by molar-refractivity contribution is -0.118. The van der Waals surface area contributed by atoms with E-state index < -0.39 is 5.91 Å². The highest BCUT2D eigenvalue weighted by Crippen LogP contribution is 2.40. The van der Waals surface area contributed by atoms with E-state index in [1.165, 1.54) is 11.3 Å². The maximum atomic E-state index is 12.3. The zero-order valence-corrected chi connectivity index (χ0v) is 17.1. The number of carbonyl (C=O) groups is 2. The monoisotopic (exact) mass is 426 g/mol. The van der Waals surface area contributed by atoms with Gasteiger partial charge < -0.3 is 15.8 Å². The van der Waals surface area contributed by atoms with Gasteiger partial charge in [0.15, 0.2) is 6.61 Å². The van der Waals surface area contributed by atoms with Crippen LogP contribution in [0.4, 0.5) is 5.00 Å². The highest BCUT2D eigenvalue weighted by Gasteiger charge is 2.28. The van der Waals surface area contributed by atoms with Gasteiger partial charge >= 0.3 is 0 Å². The number of primary amides is 1. The number of amides is 2. The Labute approximate surface area is 171 Å². The third-order valence-electron chi connectivity index (χ3n) is 4.70. The van der Waals surface area contributed by atoms with Crippen molar-refractivity contribution < 1.29 is 14.3 Å². The SMILES string of the molecule is CC[C@@H]1CCc2c(sc(NC(=O)COc3ccc(Cl)cc3Cl)c2C(N)=O)C1. The molecule has 1 aromatic carbocycles. The fourth-order valence-corrected chi connectivity index (χ4v) is 5.10. The summed E-state index contributed by atoms with van der Waals surface area (Å²) < 4.78 is 5.45. The highest BCUT2D eigenvalue weighted by atomic mass is 35.5. The van der Waals surface area contributed by atoms with Crippen molar-refractivity contribution in [2.45, 2.75) is 32.6 Å². The number of rotatable bonds is 6. The molecule has 5 nitrogen and oxygen atoms in total. The van der Waals surface area contributed by atoms with Gasteiger partial charge in [0.25, 0.3) is 11.8 Å². The molecule has 1 atom stereocenters. The van der Waals surface area contributed by atoms with Crippen molar-refractivity contribution in [2.24, 2.45) is 11.7 Å². The summed E-state index contributed by atoms with van der Waals surface area (Å²) in [5.74, 6) is 0.0759. The molecule has 2 amide bonds. The number of anilines is 1. The average molecular weight is 427 g/mol. The minimum atomic E-state index is -0.514. The summed E-state index contributed by atoms with van der Waals surface area (Å²) in [5, 5.41) is 4.08. The molecule has 27 heavy (non-hydrogen) atoms. The summed E-state index contributed by atoms with van der Waals surface area (Å²) in [6, 6.07) is 4.77. The maximum Gasteiger partial charge on any atom is 0.262 e. The van der Waals surface area contributed by atoms with E-state index in [2.05, 4.69) is 12.2 Å². The quantitative estimate of drug-likeness (QED) is 0.702. The molecule has 0 aliphatic heterocycles. The zero-order chi connectivity index (χ0) is 19.6. The van der Waals surface area contributed by atoms with Gasteiger partial charge in [-0.3, -0.25) is 9.59 Å². The summed E-state index contributed by atoms with van der Waals surface area (Å²) in [5.41, 5.74) is 6.99. The van der Waals surface area contributed by atoms with Crippen LogP contribution in [-0.4, -0.2) is 18.4 Å². The van der Waals surface area contributed by atoms with Crippen LogP contribution in [0.5, 0.6) is 5.75 Å². The molecular weight excluding hydrogens is 407 g/mol. The lowest BCUT2D eigenvalue weighted by Crippen LogP contribution is -2.23. The fraction of sp³-hybridized carbons (Fsp3) is 0.368. The number of fused-ring (bicyclic) bond motifs is 1. The van der Waals surface area contributed by atoms with E-state index in [0.29, 0.717) is 32.3 Å². The number of ether oxygens (including phenoxy) is 1. The molecule has 0 unspecified atom stereocenters. The molecule has 1 aliphatic rings. The summed E-state index contributed by atoms with van der Waals surface area (Å²) in [6.07, 6.45) is 3.87. The fourth-order valence-electron chi connectivity index (χ4n) is 3.25. The Morgan fingerprint density at radius 3 is 2.81 bits per heavy atom. The molecule has 1 heterocycles. The number of nitrogens with one attached hydrogen (secondary N) is 1. The van der Waals surface area contributed by atoms with Gasteiger partial charge in [0.2, 0.25) is 0 Å². The predicted molar refractivity (Wildman–Crippen MR) is 109 cm³/mol. The first-order valence-corrected chi connectivity index (χ1v) is 10.3. The van der Waals surface area contributed by atoms with Crippen molar-refractivity contribution in [3.05, 3.63) is 44.2 Å². The van der Waals surface area contributed by atoms with E-state index in [1.807, 2.05) is 0 Å². The molecule has 0 spiro atoms. The van der Waals surface area contributed by atoms with Crippen molar-refractivity contribution in [3.63, 3.8) is 0 Å². The molecule has 0 saturated heterocycles. The maximum absolute atomic E-state index is 12.3. The number of hydrogen-bond donors (Lipinski definition) is 2. The first kappa shape index (κ1) is 20.0. The summed E-state index contributed by atoms with van der Waals surface area (Å²) >= 11 is 13.3. The second kappa shape index (κ2) is 8.50. The molecule has 1 aliphatic carbocycles. The van der Waals surface area contributed by atoms with Crippen LogP contribution in [0.1, 0.15) is 40.6 Å². The summed E-state index contributed by atoms with van der Waals surface area (Å²) in [7, 11) is 0. The number of benzene rings is 1. The summed E-state index contributed by atoms with van der Waals surface area (Å²) in [6.45, 7) is 1.93. The molecular formula is C19H20Cl2N2O3S.